The number of benzene rings is 1. The molecule has 0 aliphatic carbocycles. The topological polar surface area (TPSA) is 71.2 Å². The Bertz CT molecular complexity index is 514. The Morgan fingerprint density at radius 3 is 2.71 bits per heavy atom. The average molecular weight is 250 g/mol. The number of rotatable bonds is 3. The smallest absolute Gasteiger partial charge is 0.131 e. The number of hydrogen-bond acceptors (Lipinski definition) is 4. The van der Waals surface area contributed by atoms with E-state index < -0.39 is 0 Å². The summed E-state index contributed by atoms with van der Waals surface area (Å²) in [6.45, 7) is 0.602. The number of hydrogen-bond donors (Lipinski definition) is 3. The third kappa shape index (κ3) is 3.01. The van der Waals surface area contributed by atoms with Crippen molar-refractivity contribution in [2.45, 2.75) is 6.54 Å². The highest BCUT2D eigenvalue weighted by Gasteiger charge is 2.01. The Labute approximate surface area is 104 Å². The van der Waals surface area contributed by atoms with Gasteiger partial charge in [-0.05, 0) is 17.7 Å². The summed E-state index contributed by atoms with van der Waals surface area (Å²) in [5.74, 6) is 0.250. The van der Waals surface area contributed by atoms with Crippen LogP contribution in [0.1, 0.15) is 5.56 Å². The Kier molecular flexibility index (Phi) is 3.35. The lowest BCUT2D eigenvalue weighted by Gasteiger charge is -2.09. The third-order valence-corrected chi connectivity index (χ3v) is 2.53. The number of nitrogen functional groups attached to an aromatic ring is 1. The van der Waals surface area contributed by atoms with E-state index in [1.165, 1.54) is 6.20 Å². The largest absolute Gasteiger partial charge is 0.508 e. The highest BCUT2D eigenvalue weighted by Crippen LogP contribution is 2.21. The first-order chi connectivity index (χ1) is 8.15. The zero-order chi connectivity index (χ0) is 12.3. The van der Waals surface area contributed by atoms with Crippen LogP contribution in [0.3, 0.4) is 0 Å². The molecule has 0 radical (unpaired) electrons. The van der Waals surface area contributed by atoms with Gasteiger partial charge in [0.05, 0.1) is 17.6 Å². The first-order valence-corrected chi connectivity index (χ1v) is 5.46. The minimum absolute atomic E-state index is 0.250. The lowest BCUT2D eigenvalue weighted by molar-refractivity contribution is 0.475. The van der Waals surface area contributed by atoms with Crippen LogP contribution in [0.4, 0.5) is 11.4 Å². The number of aromatic nitrogens is 1. The van der Waals surface area contributed by atoms with Crippen molar-refractivity contribution in [1.82, 2.24) is 4.98 Å². The predicted molar refractivity (Wildman–Crippen MR) is 69.1 cm³/mol. The molecule has 1 aromatic carbocycles. The molecule has 88 valence electrons. The van der Waals surface area contributed by atoms with Gasteiger partial charge in [-0.15, -0.1) is 0 Å². The molecule has 0 fully saturated rings. The molecule has 2 aromatic rings. The van der Waals surface area contributed by atoms with Crippen LogP contribution in [0, 0.1) is 0 Å². The molecular weight excluding hydrogens is 238 g/mol. The molecule has 17 heavy (non-hydrogen) atoms. The minimum atomic E-state index is 0.250. The van der Waals surface area contributed by atoms with Gasteiger partial charge in [0.15, 0.2) is 0 Å². The molecule has 0 aliphatic rings. The predicted octanol–water partition coefficient (Wildman–Crippen LogP) is 2.63. The second-order valence-electron chi connectivity index (χ2n) is 3.61. The van der Waals surface area contributed by atoms with Crippen molar-refractivity contribution in [1.29, 1.82) is 0 Å². The van der Waals surface area contributed by atoms with Crippen molar-refractivity contribution < 1.29 is 5.11 Å². The van der Waals surface area contributed by atoms with E-state index in [4.69, 9.17) is 22.4 Å². The summed E-state index contributed by atoms with van der Waals surface area (Å²) in [6, 6.07) is 8.62. The summed E-state index contributed by atoms with van der Waals surface area (Å²) in [7, 11) is 0. The van der Waals surface area contributed by atoms with Crippen LogP contribution < -0.4 is 11.1 Å². The standard InChI is InChI=1S/C12H12ClN3O/c13-12-5-11(10(14)7-16-12)15-6-8-1-3-9(17)4-2-8/h1-5,7,17H,6,14H2,(H,15,16). The number of nitrogens with zero attached hydrogens (tertiary/aromatic N) is 1. The quantitative estimate of drug-likeness (QED) is 0.732. The maximum Gasteiger partial charge on any atom is 0.131 e. The van der Waals surface area contributed by atoms with E-state index in [2.05, 4.69) is 10.3 Å². The Morgan fingerprint density at radius 1 is 1.29 bits per heavy atom. The van der Waals surface area contributed by atoms with Crippen molar-refractivity contribution in [2.24, 2.45) is 0 Å². The molecule has 0 atom stereocenters. The Morgan fingerprint density at radius 2 is 2.00 bits per heavy atom. The zero-order valence-corrected chi connectivity index (χ0v) is 9.78. The Hall–Kier alpha value is -1.94. The van der Waals surface area contributed by atoms with Gasteiger partial charge in [0.1, 0.15) is 10.9 Å². The highest BCUT2D eigenvalue weighted by molar-refractivity contribution is 6.29. The number of phenols is 1. The van der Waals surface area contributed by atoms with E-state index in [1.54, 1.807) is 18.2 Å². The molecule has 0 unspecified atom stereocenters. The van der Waals surface area contributed by atoms with Crippen LogP contribution in [-0.2, 0) is 6.54 Å². The molecular formula is C12H12ClN3O. The van der Waals surface area contributed by atoms with Crippen molar-refractivity contribution in [3.63, 3.8) is 0 Å². The molecule has 4 nitrogen and oxygen atoms in total. The summed E-state index contributed by atoms with van der Waals surface area (Å²) in [4.78, 5) is 3.87. The van der Waals surface area contributed by atoms with E-state index in [1.807, 2.05) is 12.1 Å². The molecule has 0 saturated heterocycles. The van der Waals surface area contributed by atoms with Gasteiger partial charge in [0, 0.05) is 12.6 Å². The molecule has 1 aromatic heterocycles. The molecule has 4 N–H and O–H groups in total. The molecule has 0 aliphatic heterocycles. The first kappa shape index (κ1) is 11.5. The summed E-state index contributed by atoms with van der Waals surface area (Å²) in [6.07, 6.45) is 1.52. The van der Waals surface area contributed by atoms with Crippen LogP contribution in [0.15, 0.2) is 36.5 Å². The maximum absolute atomic E-state index is 9.16. The van der Waals surface area contributed by atoms with Crippen molar-refractivity contribution >= 4 is 23.0 Å². The fraction of sp³-hybridized carbons (Fsp3) is 0.0833. The van der Waals surface area contributed by atoms with Crippen molar-refractivity contribution in [3.05, 3.63) is 47.2 Å². The number of aromatic hydroxyl groups is 1. The first-order valence-electron chi connectivity index (χ1n) is 5.08. The van der Waals surface area contributed by atoms with Gasteiger partial charge >= 0.3 is 0 Å². The number of phenolic OH excluding ortho intramolecular Hbond substituents is 1. The van der Waals surface area contributed by atoms with Gasteiger partial charge in [-0.1, -0.05) is 23.7 Å². The highest BCUT2D eigenvalue weighted by atomic mass is 35.5. The summed E-state index contributed by atoms with van der Waals surface area (Å²) in [5, 5.41) is 12.7. The maximum atomic E-state index is 9.16. The van der Waals surface area contributed by atoms with Crippen LogP contribution in [-0.4, -0.2) is 10.1 Å². The zero-order valence-electron chi connectivity index (χ0n) is 9.02. The molecule has 5 heteroatoms. The lowest BCUT2D eigenvalue weighted by atomic mass is 10.2. The van der Waals surface area contributed by atoms with Gasteiger partial charge in [-0.2, -0.15) is 0 Å². The molecule has 1 heterocycles. The van der Waals surface area contributed by atoms with Crippen LogP contribution in [0.2, 0.25) is 5.15 Å². The SMILES string of the molecule is Nc1cnc(Cl)cc1NCc1ccc(O)cc1. The summed E-state index contributed by atoms with van der Waals surface area (Å²) in [5.41, 5.74) is 8.09. The van der Waals surface area contributed by atoms with Gasteiger partial charge in [-0.3, -0.25) is 0 Å². The third-order valence-electron chi connectivity index (χ3n) is 2.32. The minimum Gasteiger partial charge on any atom is -0.508 e. The normalized spacial score (nSPS) is 10.2. The second-order valence-corrected chi connectivity index (χ2v) is 4.00. The van der Waals surface area contributed by atoms with E-state index in [-0.39, 0.29) is 5.75 Å². The van der Waals surface area contributed by atoms with E-state index in [9.17, 15) is 0 Å². The second kappa shape index (κ2) is 4.93. The van der Waals surface area contributed by atoms with E-state index >= 15 is 0 Å². The van der Waals surface area contributed by atoms with Gasteiger partial charge < -0.3 is 16.2 Å². The van der Waals surface area contributed by atoms with Gasteiger partial charge in [-0.25, -0.2) is 4.98 Å². The van der Waals surface area contributed by atoms with Crippen LogP contribution in [0.25, 0.3) is 0 Å². The number of nitrogens with one attached hydrogen (secondary N) is 1. The van der Waals surface area contributed by atoms with E-state index in [0.29, 0.717) is 17.4 Å². The lowest BCUT2D eigenvalue weighted by Crippen LogP contribution is -2.02. The summed E-state index contributed by atoms with van der Waals surface area (Å²) < 4.78 is 0. The van der Waals surface area contributed by atoms with Crippen molar-refractivity contribution in [2.75, 3.05) is 11.1 Å². The molecule has 2 rings (SSSR count). The fourth-order valence-corrected chi connectivity index (χ4v) is 1.56. The van der Waals surface area contributed by atoms with Crippen molar-refractivity contribution in [3.8, 4) is 5.75 Å². The fourth-order valence-electron chi connectivity index (χ4n) is 1.40. The van der Waals surface area contributed by atoms with E-state index in [0.717, 1.165) is 11.3 Å². The molecule has 0 amide bonds. The van der Waals surface area contributed by atoms with Gasteiger partial charge in [0.2, 0.25) is 0 Å². The molecule has 0 saturated carbocycles. The number of halogens is 1. The molecule has 0 bridgehead atoms. The monoisotopic (exact) mass is 249 g/mol. The Balaban J connectivity index is 2.07. The van der Waals surface area contributed by atoms with Crippen LogP contribution in [0.5, 0.6) is 5.75 Å². The molecule has 0 spiro atoms. The number of anilines is 2. The summed E-state index contributed by atoms with van der Waals surface area (Å²) >= 11 is 5.78. The van der Waals surface area contributed by atoms with Crippen LogP contribution >= 0.6 is 11.6 Å². The average Bonchev–Trinajstić information content (AvgIpc) is 2.32. The van der Waals surface area contributed by atoms with Gasteiger partial charge in [0.25, 0.3) is 0 Å². The number of pyridine rings is 1. The number of nitrogens with two attached hydrogens (primary N) is 1.